The first-order valence-corrected chi connectivity index (χ1v) is 3.94. The van der Waals surface area contributed by atoms with Gasteiger partial charge in [0, 0.05) is 0 Å². The van der Waals surface area contributed by atoms with Gasteiger partial charge in [0.25, 0.3) is 0 Å². The van der Waals surface area contributed by atoms with Crippen LogP contribution in [0.1, 0.15) is 22.3 Å². The fourth-order valence-corrected chi connectivity index (χ4v) is 0.933. The van der Waals surface area contributed by atoms with Crippen LogP contribution < -0.4 is 0 Å². The minimum Gasteiger partial charge on any atom is -0.219 e. The van der Waals surface area contributed by atoms with Crippen molar-refractivity contribution in [2.24, 2.45) is 0 Å². The Hall–Kier alpha value is -0.410. The van der Waals surface area contributed by atoms with Crippen LogP contribution in [0.5, 0.6) is 0 Å². The maximum Gasteiger partial charge on any atom is 0.167 e. The second kappa shape index (κ2) is 3.32. The zero-order chi connectivity index (χ0) is 8.43. The van der Waals surface area contributed by atoms with Gasteiger partial charge in [-0.1, -0.05) is 23.2 Å². The van der Waals surface area contributed by atoms with Gasteiger partial charge >= 0.3 is 0 Å². The molecule has 0 spiro atoms. The smallest absolute Gasteiger partial charge is 0.167 e. The van der Waals surface area contributed by atoms with Crippen LogP contribution >= 0.6 is 23.2 Å². The van der Waals surface area contributed by atoms with E-state index in [4.69, 9.17) is 23.2 Å². The van der Waals surface area contributed by atoms with Crippen molar-refractivity contribution in [1.29, 1.82) is 0 Å². The molecule has 1 aromatic heterocycles. The van der Waals surface area contributed by atoms with Gasteiger partial charge in [-0.3, -0.25) is 0 Å². The maximum absolute atomic E-state index is 5.56. The van der Waals surface area contributed by atoms with Crippen LogP contribution in [0.4, 0.5) is 0 Å². The molecule has 0 unspecified atom stereocenters. The number of aryl methyl sites for hydroxylation is 2. The monoisotopic (exact) mass is 191 g/mol. The van der Waals surface area contributed by atoms with Gasteiger partial charge in [-0.2, -0.15) is 0 Å². The second-order valence-corrected chi connectivity index (χ2v) is 3.18. The lowest BCUT2D eigenvalue weighted by molar-refractivity contribution is 0.859. The SMILES string of the molecule is Cc1nc(C)nc(C(Cl)Cl)n1. The molecule has 0 aromatic carbocycles. The van der Waals surface area contributed by atoms with E-state index < -0.39 is 4.84 Å². The van der Waals surface area contributed by atoms with Crippen LogP contribution in [0, 0.1) is 13.8 Å². The molecule has 60 valence electrons. The van der Waals surface area contributed by atoms with Crippen molar-refractivity contribution in [3.63, 3.8) is 0 Å². The van der Waals surface area contributed by atoms with E-state index in [0.717, 1.165) is 0 Å². The summed E-state index contributed by atoms with van der Waals surface area (Å²) >= 11 is 11.1. The first-order valence-electron chi connectivity index (χ1n) is 3.07. The Morgan fingerprint density at radius 3 is 1.82 bits per heavy atom. The number of hydrogen-bond acceptors (Lipinski definition) is 3. The van der Waals surface area contributed by atoms with Crippen LogP contribution in [-0.2, 0) is 0 Å². The summed E-state index contributed by atoms with van der Waals surface area (Å²) in [6.45, 7) is 3.54. The summed E-state index contributed by atoms with van der Waals surface area (Å²) in [5.74, 6) is 1.69. The van der Waals surface area contributed by atoms with Gasteiger partial charge < -0.3 is 0 Å². The number of halogens is 2. The van der Waals surface area contributed by atoms with Crippen LogP contribution in [0.3, 0.4) is 0 Å². The molecule has 0 atom stereocenters. The van der Waals surface area contributed by atoms with Crippen molar-refractivity contribution in [1.82, 2.24) is 15.0 Å². The summed E-state index contributed by atoms with van der Waals surface area (Å²) < 4.78 is 0. The molecule has 11 heavy (non-hydrogen) atoms. The summed E-state index contributed by atoms with van der Waals surface area (Å²) in [4.78, 5) is 11.2. The van der Waals surface area contributed by atoms with E-state index in [2.05, 4.69) is 15.0 Å². The molecule has 3 nitrogen and oxygen atoms in total. The second-order valence-electron chi connectivity index (χ2n) is 2.09. The highest BCUT2D eigenvalue weighted by Gasteiger charge is 2.07. The molecule has 0 saturated heterocycles. The molecule has 0 aliphatic heterocycles. The van der Waals surface area contributed by atoms with E-state index in [0.29, 0.717) is 17.5 Å². The number of alkyl halides is 2. The lowest BCUT2D eigenvalue weighted by Crippen LogP contribution is -2.01. The zero-order valence-corrected chi connectivity index (χ0v) is 7.69. The van der Waals surface area contributed by atoms with Crippen molar-refractivity contribution >= 4 is 23.2 Å². The Balaban J connectivity index is 3.08. The van der Waals surface area contributed by atoms with Crippen molar-refractivity contribution < 1.29 is 0 Å². The fraction of sp³-hybridized carbons (Fsp3) is 0.500. The predicted octanol–water partition coefficient (Wildman–Crippen LogP) is 1.96. The Morgan fingerprint density at radius 1 is 1.00 bits per heavy atom. The van der Waals surface area contributed by atoms with E-state index in [1.54, 1.807) is 13.8 Å². The van der Waals surface area contributed by atoms with Crippen LogP contribution in [0.2, 0.25) is 0 Å². The molecule has 0 amide bonds. The quantitative estimate of drug-likeness (QED) is 0.638. The summed E-state index contributed by atoms with van der Waals surface area (Å²) in [6, 6.07) is 0. The lowest BCUT2D eigenvalue weighted by atomic mass is 10.5. The molecule has 5 heteroatoms. The standard InChI is InChI=1S/C6H7Cl2N3/c1-3-9-4(2)11-6(10-3)5(7)8/h5H,1-2H3. The van der Waals surface area contributed by atoms with Gasteiger partial charge in [-0.05, 0) is 13.8 Å². The highest BCUT2D eigenvalue weighted by Crippen LogP contribution is 2.20. The largest absolute Gasteiger partial charge is 0.219 e. The van der Waals surface area contributed by atoms with Gasteiger partial charge in [0.15, 0.2) is 10.7 Å². The summed E-state index contributed by atoms with van der Waals surface area (Å²) in [7, 11) is 0. The molecular formula is C6H7Cl2N3. The third-order valence-electron chi connectivity index (χ3n) is 1.07. The summed E-state index contributed by atoms with van der Waals surface area (Å²) in [6.07, 6.45) is 0. The number of hydrogen-bond donors (Lipinski definition) is 0. The van der Waals surface area contributed by atoms with Gasteiger partial charge in [0.05, 0.1) is 0 Å². The first kappa shape index (κ1) is 8.68. The molecule has 1 aromatic rings. The summed E-state index contributed by atoms with van der Waals surface area (Å²) in [5, 5.41) is 0. The third-order valence-corrected chi connectivity index (χ3v) is 1.46. The predicted molar refractivity (Wildman–Crippen MR) is 43.7 cm³/mol. The normalized spacial score (nSPS) is 10.6. The minimum atomic E-state index is -0.671. The molecule has 0 radical (unpaired) electrons. The van der Waals surface area contributed by atoms with E-state index in [9.17, 15) is 0 Å². The molecule has 0 bridgehead atoms. The Bertz CT molecular complexity index is 242. The number of nitrogens with zero attached hydrogens (tertiary/aromatic N) is 3. The first-order chi connectivity index (χ1) is 5.09. The molecule has 1 rings (SSSR count). The lowest BCUT2D eigenvalue weighted by Gasteiger charge is -2.00. The van der Waals surface area contributed by atoms with Gasteiger partial charge in [-0.15, -0.1) is 0 Å². The maximum atomic E-state index is 5.56. The molecular weight excluding hydrogens is 185 g/mol. The molecule has 0 aliphatic rings. The van der Waals surface area contributed by atoms with E-state index in [1.807, 2.05) is 0 Å². The Kier molecular flexibility index (Phi) is 2.62. The highest BCUT2D eigenvalue weighted by molar-refractivity contribution is 6.43. The van der Waals surface area contributed by atoms with E-state index in [-0.39, 0.29) is 0 Å². The fourth-order valence-electron chi connectivity index (χ4n) is 0.738. The van der Waals surface area contributed by atoms with E-state index >= 15 is 0 Å². The summed E-state index contributed by atoms with van der Waals surface area (Å²) in [5.41, 5.74) is 0. The van der Waals surface area contributed by atoms with E-state index in [1.165, 1.54) is 0 Å². The number of aromatic nitrogens is 3. The molecule has 0 N–H and O–H groups in total. The molecule has 0 saturated carbocycles. The van der Waals surface area contributed by atoms with Gasteiger partial charge in [0.1, 0.15) is 11.6 Å². The minimum absolute atomic E-state index is 0.415. The Labute approximate surface area is 74.8 Å². The van der Waals surface area contributed by atoms with Crippen molar-refractivity contribution in [3.05, 3.63) is 17.5 Å². The van der Waals surface area contributed by atoms with Crippen LogP contribution in [-0.4, -0.2) is 15.0 Å². The Morgan fingerprint density at radius 2 is 1.45 bits per heavy atom. The highest BCUT2D eigenvalue weighted by atomic mass is 35.5. The topological polar surface area (TPSA) is 38.7 Å². The van der Waals surface area contributed by atoms with Crippen LogP contribution in [0.15, 0.2) is 0 Å². The van der Waals surface area contributed by atoms with Gasteiger partial charge in [0.2, 0.25) is 0 Å². The third kappa shape index (κ3) is 2.27. The van der Waals surface area contributed by atoms with Crippen molar-refractivity contribution in [2.75, 3.05) is 0 Å². The number of rotatable bonds is 1. The molecule has 1 heterocycles. The average molecular weight is 192 g/mol. The van der Waals surface area contributed by atoms with Crippen molar-refractivity contribution in [3.8, 4) is 0 Å². The van der Waals surface area contributed by atoms with Gasteiger partial charge in [-0.25, -0.2) is 15.0 Å². The van der Waals surface area contributed by atoms with Crippen LogP contribution in [0.25, 0.3) is 0 Å². The van der Waals surface area contributed by atoms with Crippen molar-refractivity contribution in [2.45, 2.75) is 18.7 Å². The molecule has 0 aliphatic carbocycles. The average Bonchev–Trinajstić information content (AvgIpc) is 1.85. The molecule has 0 fully saturated rings. The zero-order valence-electron chi connectivity index (χ0n) is 6.17.